The molecular formula is C24H25FN2O. The molecule has 3 aromatic rings. The van der Waals surface area contributed by atoms with Gasteiger partial charge in [0, 0.05) is 23.2 Å². The standard InChI is InChI=1S/C24H25FN2O/c1-16(24(28)27-20-12-10-19(25)11-13-20)17-6-8-18(9-7-17)21-14-15-26-23-5-3-2-4-22(21)23/h2-5,10-18H,6-9H2,1H3,(H,27,28)/t16-,17-,18-/m1/s1. The second kappa shape index (κ2) is 8.09. The van der Waals surface area contributed by atoms with E-state index in [2.05, 4.69) is 34.6 Å². The fourth-order valence-electron chi connectivity index (χ4n) is 4.41. The van der Waals surface area contributed by atoms with Crippen LogP contribution in [0, 0.1) is 17.7 Å². The first kappa shape index (κ1) is 18.6. The summed E-state index contributed by atoms with van der Waals surface area (Å²) < 4.78 is 13.0. The number of halogens is 1. The summed E-state index contributed by atoms with van der Waals surface area (Å²) in [4.78, 5) is 17.1. The van der Waals surface area contributed by atoms with Crippen molar-refractivity contribution in [1.82, 2.24) is 4.98 Å². The van der Waals surface area contributed by atoms with Crippen molar-refractivity contribution in [2.75, 3.05) is 5.32 Å². The molecule has 1 aromatic heterocycles. The SMILES string of the molecule is C[C@@H](C(=O)Nc1ccc(F)cc1)[C@H]1CC[C@H](c2ccnc3ccccc32)CC1. The van der Waals surface area contributed by atoms with Gasteiger partial charge in [0.05, 0.1) is 5.52 Å². The average molecular weight is 376 g/mol. The maximum absolute atomic E-state index is 13.0. The van der Waals surface area contributed by atoms with Crippen LogP contribution in [-0.4, -0.2) is 10.9 Å². The minimum absolute atomic E-state index is 0.0180. The van der Waals surface area contributed by atoms with Crippen LogP contribution in [0.3, 0.4) is 0 Å². The fraction of sp³-hybridized carbons (Fsp3) is 0.333. The van der Waals surface area contributed by atoms with E-state index in [1.807, 2.05) is 19.2 Å². The number of hydrogen-bond donors (Lipinski definition) is 1. The number of carbonyl (C=O) groups is 1. The average Bonchev–Trinajstić information content (AvgIpc) is 2.74. The second-order valence-electron chi connectivity index (χ2n) is 7.81. The molecular weight excluding hydrogens is 351 g/mol. The molecule has 0 unspecified atom stereocenters. The van der Waals surface area contributed by atoms with Crippen LogP contribution in [0.1, 0.15) is 44.1 Å². The summed E-state index contributed by atoms with van der Waals surface area (Å²) in [6.45, 7) is 2.01. The molecule has 3 nitrogen and oxygen atoms in total. The first-order valence-corrected chi connectivity index (χ1v) is 10.0. The summed E-state index contributed by atoms with van der Waals surface area (Å²) >= 11 is 0. The minimum atomic E-state index is -0.298. The summed E-state index contributed by atoms with van der Waals surface area (Å²) in [6.07, 6.45) is 6.17. The van der Waals surface area contributed by atoms with Crippen LogP contribution in [0.4, 0.5) is 10.1 Å². The van der Waals surface area contributed by atoms with Crippen LogP contribution in [0.15, 0.2) is 60.8 Å². The number of pyridine rings is 1. The molecule has 1 saturated carbocycles. The highest BCUT2D eigenvalue weighted by Gasteiger charge is 2.30. The van der Waals surface area contributed by atoms with Gasteiger partial charge in [0.15, 0.2) is 0 Å². The van der Waals surface area contributed by atoms with Crippen molar-refractivity contribution >= 4 is 22.5 Å². The number of rotatable bonds is 4. The lowest BCUT2D eigenvalue weighted by molar-refractivity contribution is -0.121. The van der Waals surface area contributed by atoms with Gasteiger partial charge in [-0.05, 0) is 79.5 Å². The number of amides is 1. The summed E-state index contributed by atoms with van der Waals surface area (Å²) in [7, 11) is 0. The van der Waals surface area contributed by atoms with Crippen molar-refractivity contribution in [3.63, 3.8) is 0 Å². The Bertz CT molecular complexity index is 957. The van der Waals surface area contributed by atoms with E-state index in [1.54, 1.807) is 12.1 Å². The lowest BCUT2D eigenvalue weighted by Gasteiger charge is -2.32. The Hall–Kier alpha value is -2.75. The predicted octanol–water partition coefficient (Wildman–Crippen LogP) is 5.92. The number of fused-ring (bicyclic) bond motifs is 1. The van der Waals surface area contributed by atoms with E-state index < -0.39 is 0 Å². The van der Waals surface area contributed by atoms with Gasteiger partial charge in [-0.2, -0.15) is 0 Å². The first-order valence-electron chi connectivity index (χ1n) is 10.0. The molecule has 1 aliphatic rings. The zero-order chi connectivity index (χ0) is 19.5. The second-order valence-corrected chi connectivity index (χ2v) is 7.81. The molecule has 0 spiro atoms. The monoisotopic (exact) mass is 376 g/mol. The van der Waals surface area contributed by atoms with Crippen molar-refractivity contribution in [1.29, 1.82) is 0 Å². The minimum Gasteiger partial charge on any atom is -0.326 e. The number of anilines is 1. The van der Waals surface area contributed by atoms with Crippen LogP contribution in [0.5, 0.6) is 0 Å². The van der Waals surface area contributed by atoms with Crippen LogP contribution in [0.2, 0.25) is 0 Å². The zero-order valence-electron chi connectivity index (χ0n) is 16.1. The smallest absolute Gasteiger partial charge is 0.227 e. The topological polar surface area (TPSA) is 42.0 Å². The number of nitrogens with one attached hydrogen (secondary N) is 1. The summed E-state index contributed by atoms with van der Waals surface area (Å²) in [5.41, 5.74) is 3.08. The van der Waals surface area contributed by atoms with Crippen LogP contribution >= 0.6 is 0 Å². The maximum atomic E-state index is 13.0. The van der Waals surface area contributed by atoms with E-state index in [4.69, 9.17) is 0 Å². The van der Waals surface area contributed by atoms with E-state index in [0.29, 0.717) is 17.5 Å². The highest BCUT2D eigenvalue weighted by molar-refractivity contribution is 5.92. The Balaban J connectivity index is 1.39. The van der Waals surface area contributed by atoms with Crippen LogP contribution in [-0.2, 0) is 4.79 Å². The molecule has 28 heavy (non-hydrogen) atoms. The zero-order valence-corrected chi connectivity index (χ0v) is 16.1. The molecule has 0 radical (unpaired) electrons. The third-order valence-electron chi connectivity index (χ3n) is 6.13. The highest BCUT2D eigenvalue weighted by Crippen LogP contribution is 2.40. The van der Waals surface area contributed by atoms with E-state index in [1.165, 1.54) is 23.1 Å². The molecule has 1 N–H and O–H groups in total. The molecule has 0 saturated heterocycles. The number of para-hydroxylation sites is 1. The molecule has 1 atom stereocenters. The Morgan fingerprint density at radius 3 is 2.50 bits per heavy atom. The Morgan fingerprint density at radius 1 is 1.04 bits per heavy atom. The molecule has 4 heteroatoms. The fourth-order valence-corrected chi connectivity index (χ4v) is 4.41. The van der Waals surface area contributed by atoms with E-state index in [0.717, 1.165) is 31.2 Å². The van der Waals surface area contributed by atoms with Gasteiger partial charge in [0.1, 0.15) is 5.82 Å². The largest absolute Gasteiger partial charge is 0.326 e. The van der Waals surface area contributed by atoms with Gasteiger partial charge >= 0.3 is 0 Å². The number of benzene rings is 2. The number of carbonyl (C=O) groups excluding carboxylic acids is 1. The number of hydrogen-bond acceptors (Lipinski definition) is 2. The first-order chi connectivity index (χ1) is 13.6. The van der Waals surface area contributed by atoms with Gasteiger partial charge in [-0.3, -0.25) is 9.78 Å². The molecule has 1 fully saturated rings. The van der Waals surface area contributed by atoms with Crippen molar-refractivity contribution in [3.05, 3.63) is 72.2 Å². The molecule has 0 bridgehead atoms. The van der Waals surface area contributed by atoms with Crippen LogP contribution < -0.4 is 5.32 Å². The van der Waals surface area contributed by atoms with Gasteiger partial charge in [0.25, 0.3) is 0 Å². The Labute approximate surface area is 165 Å². The summed E-state index contributed by atoms with van der Waals surface area (Å²) in [5.74, 6) is 0.568. The van der Waals surface area contributed by atoms with Crippen LogP contribution in [0.25, 0.3) is 10.9 Å². The normalized spacial score (nSPS) is 20.6. The quantitative estimate of drug-likeness (QED) is 0.614. The lowest BCUT2D eigenvalue weighted by Crippen LogP contribution is -2.29. The van der Waals surface area contributed by atoms with Gasteiger partial charge < -0.3 is 5.32 Å². The number of aromatic nitrogens is 1. The highest BCUT2D eigenvalue weighted by atomic mass is 19.1. The molecule has 4 rings (SSSR count). The third kappa shape index (κ3) is 3.91. The Morgan fingerprint density at radius 2 is 1.75 bits per heavy atom. The predicted molar refractivity (Wildman–Crippen MR) is 111 cm³/mol. The third-order valence-corrected chi connectivity index (χ3v) is 6.13. The van der Waals surface area contributed by atoms with Crippen molar-refractivity contribution < 1.29 is 9.18 Å². The molecule has 1 amide bonds. The van der Waals surface area contributed by atoms with Crippen molar-refractivity contribution in [2.24, 2.45) is 11.8 Å². The van der Waals surface area contributed by atoms with E-state index in [-0.39, 0.29) is 17.6 Å². The summed E-state index contributed by atoms with van der Waals surface area (Å²) in [6, 6.07) is 16.4. The number of nitrogens with zero attached hydrogens (tertiary/aromatic N) is 1. The molecule has 1 aliphatic carbocycles. The molecule has 2 aromatic carbocycles. The van der Waals surface area contributed by atoms with Crippen molar-refractivity contribution in [2.45, 2.75) is 38.5 Å². The Kier molecular flexibility index (Phi) is 5.38. The van der Waals surface area contributed by atoms with Crippen molar-refractivity contribution in [3.8, 4) is 0 Å². The molecule has 0 aliphatic heterocycles. The van der Waals surface area contributed by atoms with Gasteiger partial charge in [-0.25, -0.2) is 4.39 Å². The van der Waals surface area contributed by atoms with E-state index in [9.17, 15) is 9.18 Å². The maximum Gasteiger partial charge on any atom is 0.227 e. The van der Waals surface area contributed by atoms with Gasteiger partial charge in [0.2, 0.25) is 5.91 Å². The molecule has 1 heterocycles. The van der Waals surface area contributed by atoms with Gasteiger partial charge in [-0.1, -0.05) is 25.1 Å². The summed E-state index contributed by atoms with van der Waals surface area (Å²) in [5, 5.41) is 4.17. The van der Waals surface area contributed by atoms with E-state index >= 15 is 0 Å². The van der Waals surface area contributed by atoms with Gasteiger partial charge in [-0.15, -0.1) is 0 Å². The molecule has 144 valence electrons. The lowest BCUT2D eigenvalue weighted by atomic mass is 9.73.